The van der Waals surface area contributed by atoms with Crippen molar-refractivity contribution in [2.75, 3.05) is 30.3 Å². The topological polar surface area (TPSA) is 110 Å². The van der Waals surface area contributed by atoms with Gasteiger partial charge < -0.3 is 25.4 Å². The predicted molar refractivity (Wildman–Crippen MR) is 134 cm³/mol. The summed E-state index contributed by atoms with van der Waals surface area (Å²) in [5.41, 5.74) is 0.565. The minimum absolute atomic E-state index is 0.0672. The van der Waals surface area contributed by atoms with Gasteiger partial charge in [-0.05, 0) is 44.0 Å². The number of nitrogens with zero attached hydrogens (tertiary/aromatic N) is 3. The first-order chi connectivity index (χ1) is 16.2. The number of hydrogen-bond donors (Lipinski definition) is 3. The van der Waals surface area contributed by atoms with Gasteiger partial charge in [0.15, 0.2) is 0 Å². The molecule has 9 nitrogen and oxygen atoms in total. The van der Waals surface area contributed by atoms with E-state index in [0.717, 1.165) is 10.9 Å². The molecule has 0 unspecified atom stereocenters. The lowest BCUT2D eigenvalue weighted by atomic mass is 10.00. The maximum absolute atomic E-state index is 11.8. The molecular formula is C25H32N6O3. The van der Waals surface area contributed by atoms with Crippen LogP contribution < -0.4 is 20.7 Å². The Morgan fingerprint density at radius 1 is 1.09 bits per heavy atom. The van der Waals surface area contributed by atoms with E-state index >= 15 is 0 Å². The molecule has 34 heavy (non-hydrogen) atoms. The second-order valence-corrected chi connectivity index (χ2v) is 8.65. The Morgan fingerprint density at radius 3 is 2.59 bits per heavy atom. The summed E-state index contributed by atoms with van der Waals surface area (Å²) >= 11 is 0. The molecule has 1 aromatic heterocycles. The van der Waals surface area contributed by atoms with E-state index in [4.69, 9.17) is 9.47 Å². The Hall–Kier alpha value is -3.88. The molecule has 2 aromatic carbocycles. The molecule has 0 aliphatic rings. The Morgan fingerprint density at radius 2 is 1.82 bits per heavy atom. The Labute approximate surface area is 200 Å². The second kappa shape index (κ2) is 11.3. The van der Waals surface area contributed by atoms with Gasteiger partial charge in [-0.15, -0.1) is 6.58 Å². The van der Waals surface area contributed by atoms with E-state index in [2.05, 4.69) is 61.7 Å². The summed E-state index contributed by atoms with van der Waals surface area (Å²) < 4.78 is 10.9. The molecule has 3 N–H and O–H groups in total. The quantitative estimate of drug-likeness (QED) is 0.293. The molecule has 0 bridgehead atoms. The van der Waals surface area contributed by atoms with E-state index in [1.54, 1.807) is 26.8 Å². The van der Waals surface area contributed by atoms with Gasteiger partial charge in [-0.3, -0.25) is 0 Å². The zero-order chi connectivity index (χ0) is 24.6. The first-order valence-electron chi connectivity index (χ1n) is 11.2. The van der Waals surface area contributed by atoms with E-state index in [0.29, 0.717) is 18.4 Å². The van der Waals surface area contributed by atoms with Crippen LogP contribution in [0, 0.1) is 0 Å². The number of alkyl carbamates (subject to hydrolysis) is 1. The normalized spacial score (nSPS) is 12.0. The summed E-state index contributed by atoms with van der Waals surface area (Å²) in [6.07, 6.45) is 1.20. The van der Waals surface area contributed by atoms with Gasteiger partial charge in [0.25, 0.3) is 0 Å². The highest BCUT2D eigenvalue weighted by Gasteiger charge is 2.16. The number of nitrogens with one attached hydrogen (secondary N) is 3. The molecule has 0 aliphatic carbocycles. The summed E-state index contributed by atoms with van der Waals surface area (Å²) in [4.78, 5) is 24.9. The Kier molecular flexibility index (Phi) is 8.24. The predicted octanol–water partition coefficient (Wildman–Crippen LogP) is 4.70. The molecule has 1 atom stereocenters. The van der Waals surface area contributed by atoms with Gasteiger partial charge in [0.2, 0.25) is 11.9 Å². The van der Waals surface area contributed by atoms with Gasteiger partial charge in [-0.25, -0.2) is 4.79 Å². The minimum Gasteiger partial charge on any atom is -0.461 e. The summed E-state index contributed by atoms with van der Waals surface area (Å²) in [5, 5.41) is 11.4. The lowest BCUT2D eigenvalue weighted by Crippen LogP contribution is -2.34. The number of carbonyl (C=O) groups is 1. The molecule has 3 rings (SSSR count). The zero-order valence-electron chi connectivity index (χ0n) is 20.1. The lowest BCUT2D eigenvalue weighted by molar-refractivity contribution is 0.0519. The van der Waals surface area contributed by atoms with Crippen molar-refractivity contribution in [2.45, 2.75) is 39.3 Å². The number of benzene rings is 2. The fourth-order valence-electron chi connectivity index (χ4n) is 3.24. The number of amides is 1. The smallest absolute Gasteiger partial charge is 0.407 e. The molecule has 3 aromatic rings. The Bertz CT molecular complexity index is 1120. The van der Waals surface area contributed by atoms with Crippen LogP contribution in [0.25, 0.3) is 10.8 Å². The highest BCUT2D eigenvalue weighted by atomic mass is 16.6. The highest BCUT2D eigenvalue weighted by Crippen LogP contribution is 2.26. The number of rotatable bonds is 10. The van der Waals surface area contributed by atoms with Crippen LogP contribution in [0.5, 0.6) is 6.01 Å². The summed E-state index contributed by atoms with van der Waals surface area (Å²) in [6, 6.07) is 14.5. The molecule has 1 heterocycles. The van der Waals surface area contributed by atoms with E-state index in [-0.39, 0.29) is 25.2 Å². The molecule has 0 radical (unpaired) electrons. The molecule has 0 fully saturated rings. The molecule has 0 aliphatic heterocycles. The van der Waals surface area contributed by atoms with E-state index in [1.807, 2.05) is 25.1 Å². The number of anilines is 2. The third kappa shape index (κ3) is 7.33. The average molecular weight is 465 g/mol. The SMILES string of the molecule is C=CCNc1nc(N[C@@H](C)c2cccc3ccccc23)nc(OCCNC(=O)OC(C)(C)C)n1. The summed E-state index contributed by atoms with van der Waals surface area (Å²) in [6.45, 7) is 12.1. The molecular weight excluding hydrogens is 432 g/mol. The maximum Gasteiger partial charge on any atom is 0.407 e. The van der Waals surface area contributed by atoms with Crippen molar-refractivity contribution in [2.24, 2.45) is 0 Å². The molecule has 9 heteroatoms. The van der Waals surface area contributed by atoms with Crippen molar-refractivity contribution in [3.05, 3.63) is 60.7 Å². The molecule has 1 amide bonds. The van der Waals surface area contributed by atoms with Crippen LogP contribution in [-0.4, -0.2) is 46.3 Å². The van der Waals surface area contributed by atoms with E-state index in [9.17, 15) is 4.79 Å². The van der Waals surface area contributed by atoms with Gasteiger partial charge in [0, 0.05) is 6.54 Å². The van der Waals surface area contributed by atoms with Gasteiger partial charge in [-0.1, -0.05) is 48.5 Å². The van der Waals surface area contributed by atoms with Crippen molar-refractivity contribution in [1.29, 1.82) is 0 Å². The van der Waals surface area contributed by atoms with Crippen LogP contribution >= 0.6 is 0 Å². The minimum atomic E-state index is -0.563. The zero-order valence-corrected chi connectivity index (χ0v) is 20.1. The summed E-state index contributed by atoms with van der Waals surface area (Å²) in [5.74, 6) is 0.731. The lowest BCUT2D eigenvalue weighted by Gasteiger charge is -2.19. The number of aromatic nitrogens is 3. The molecule has 0 saturated carbocycles. The third-order valence-corrected chi connectivity index (χ3v) is 4.66. The molecule has 0 spiro atoms. The number of fused-ring (bicyclic) bond motifs is 1. The van der Waals surface area contributed by atoms with Crippen molar-refractivity contribution in [1.82, 2.24) is 20.3 Å². The van der Waals surface area contributed by atoms with Crippen molar-refractivity contribution >= 4 is 28.8 Å². The van der Waals surface area contributed by atoms with Crippen LogP contribution in [0.2, 0.25) is 0 Å². The fraction of sp³-hybridized carbons (Fsp3) is 0.360. The van der Waals surface area contributed by atoms with Crippen molar-refractivity contribution in [3.8, 4) is 6.01 Å². The van der Waals surface area contributed by atoms with Crippen molar-refractivity contribution < 1.29 is 14.3 Å². The van der Waals surface area contributed by atoms with Gasteiger partial charge in [0.1, 0.15) is 12.2 Å². The van der Waals surface area contributed by atoms with Crippen LogP contribution in [0.4, 0.5) is 16.7 Å². The third-order valence-electron chi connectivity index (χ3n) is 4.66. The highest BCUT2D eigenvalue weighted by molar-refractivity contribution is 5.86. The van der Waals surface area contributed by atoms with Gasteiger partial charge in [-0.2, -0.15) is 15.0 Å². The standard InChI is InChI=1S/C25H32N6O3/c1-6-14-26-21-29-22(28-17(2)19-13-9-11-18-10-7-8-12-20(18)19)31-23(30-21)33-16-15-27-24(32)34-25(3,4)5/h6-13,17H,1,14-16H2,2-5H3,(H,27,32)(H2,26,28,29,30,31)/t17-/m0/s1. The van der Waals surface area contributed by atoms with Gasteiger partial charge >= 0.3 is 12.1 Å². The van der Waals surface area contributed by atoms with Crippen LogP contribution in [0.15, 0.2) is 55.1 Å². The van der Waals surface area contributed by atoms with Crippen LogP contribution in [0.1, 0.15) is 39.3 Å². The first-order valence-corrected chi connectivity index (χ1v) is 11.2. The monoisotopic (exact) mass is 464 g/mol. The average Bonchev–Trinajstić information content (AvgIpc) is 2.79. The van der Waals surface area contributed by atoms with Gasteiger partial charge in [0.05, 0.1) is 12.6 Å². The maximum atomic E-state index is 11.8. The number of ether oxygens (including phenoxy) is 2. The number of hydrogen-bond acceptors (Lipinski definition) is 8. The molecule has 180 valence electrons. The fourth-order valence-corrected chi connectivity index (χ4v) is 3.24. The van der Waals surface area contributed by atoms with Crippen molar-refractivity contribution in [3.63, 3.8) is 0 Å². The summed E-state index contributed by atoms with van der Waals surface area (Å²) in [7, 11) is 0. The molecule has 0 saturated heterocycles. The largest absolute Gasteiger partial charge is 0.461 e. The van der Waals surface area contributed by atoms with E-state index < -0.39 is 11.7 Å². The first kappa shape index (κ1) is 24.8. The van der Waals surface area contributed by atoms with Crippen LogP contribution in [-0.2, 0) is 4.74 Å². The second-order valence-electron chi connectivity index (χ2n) is 8.65. The van der Waals surface area contributed by atoms with E-state index in [1.165, 1.54) is 5.39 Å². The van der Waals surface area contributed by atoms with Crippen LogP contribution in [0.3, 0.4) is 0 Å². The number of carbonyl (C=O) groups excluding carboxylic acids is 1. The Balaban J connectivity index is 1.69.